The normalized spacial score (nSPS) is 23.8. The summed E-state index contributed by atoms with van der Waals surface area (Å²) in [6, 6.07) is 6.11. The summed E-state index contributed by atoms with van der Waals surface area (Å²) in [5.74, 6) is 0.864. The highest BCUT2D eigenvalue weighted by Crippen LogP contribution is 2.32. The Kier molecular flexibility index (Phi) is 10.5. The summed E-state index contributed by atoms with van der Waals surface area (Å²) in [5, 5.41) is 16.5. The lowest BCUT2D eigenvalue weighted by molar-refractivity contribution is -0.115. The molecule has 11 heteroatoms. The molecule has 2 aliphatic heterocycles. The van der Waals surface area contributed by atoms with Crippen LogP contribution in [0.3, 0.4) is 0 Å². The van der Waals surface area contributed by atoms with Crippen LogP contribution in [0.1, 0.15) is 49.4 Å². The number of amides is 2. The molecule has 0 radical (unpaired) electrons. The van der Waals surface area contributed by atoms with Gasteiger partial charge in [0.25, 0.3) is 5.91 Å². The summed E-state index contributed by atoms with van der Waals surface area (Å²) < 4.78 is 6.10. The first kappa shape index (κ1) is 28.0. The molecule has 1 saturated heterocycles. The third kappa shape index (κ3) is 8.26. The predicted molar refractivity (Wildman–Crippen MR) is 149 cm³/mol. The second-order valence-electron chi connectivity index (χ2n) is 10.1. The van der Waals surface area contributed by atoms with Crippen molar-refractivity contribution in [2.75, 3.05) is 57.7 Å². The van der Waals surface area contributed by atoms with Crippen LogP contribution < -0.4 is 37.1 Å². The molecule has 0 unspecified atom stereocenters. The van der Waals surface area contributed by atoms with Crippen molar-refractivity contribution in [2.45, 2.75) is 51.1 Å². The molecule has 208 valence electrons. The molecular formula is C27H42N8O3. The Bertz CT molecular complexity index is 1010. The van der Waals surface area contributed by atoms with Gasteiger partial charge in [0.15, 0.2) is 17.3 Å². The van der Waals surface area contributed by atoms with E-state index in [0.717, 1.165) is 71.4 Å². The summed E-state index contributed by atoms with van der Waals surface area (Å²) in [7, 11) is 0. The van der Waals surface area contributed by atoms with Crippen LogP contribution in [0.5, 0.6) is 5.75 Å². The average molecular weight is 527 g/mol. The van der Waals surface area contributed by atoms with E-state index in [4.69, 9.17) is 10.5 Å². The second kappa shape index (κ2) is 14.2. The first-order valence-electron chi connectivity index (χ1n) is 13.8. The fourth-order valence-corrected chi connectivity index (χ4v) is 4.98. The minimum atomic E-state index is -0.337. The maximum atomic E-state index is 12.7. The molecule has 1 saturated carbocycles. The Hall–Kier alpha value is -2.99. The third-order valence-corrected chi connectivity index (χ3v) is 7.13. The summed E-state index contributed by atoms with van der Waals surface area (Å²) in [5.41, 5.74) is 6.70. The van der Waals surface area contributed by atoms with Gasteiger partial charge in [-0.05, 0) is 63.4 Å². The van der Waals surface area contributed by atoms with E-state index in [1.165, 1.54) is 6.92 Å². The maximum absolute atomic E-state index is 12.7. The average Bonchev–Trinajstić information content (AvgIpc) is 2.92. The summed E-state index contributed by atoms with van der Waals surface area (Å²) in [4.78, 5) is 31.0. The second-order valence-corrected chi connectivity index (χ2v) is 10.1. The van der Waals surface area contributed by atoms with Gasteiger partial charge in [0, 0.05) is 70.0 Å². The number of piperazine rings is 1. The minimum Gasteiger partial charge on any atom is -0.450 e. The SMILES string of the molecule is CC(=O)/N=C1/Nc2cc(C(=O)NCCN3CCNCC3)ccc2O/C1=C/NC1CCC(NCCCN)CC1. The van der Waals surface area contributed by atoms with Crippen LogP contribution in [0.4, 0.5) is 5.69 Å². The quantitative estimate of drug-likeness (QED) is 0.243. The molecule has 0 aromatic heterocycles. The van der Waals surface area contributed by atoms with Gasteiger partial charge in [-0.15, -0.1) is 0 Å². The van der Waals surface area contributed by atoms with Crippen molar-refractivity contribution in [1.82, 2.24) is 26.2 Å². The number of hydrogen-bond acceptors (Lipinski definition) is 8. The van der Waals surface area contributed by atoms with Crippen molar-refractivity contribution < 1.29 is 14.3 Å². The number of carbonyl (C=O) groups excluding carboxylic acids is 2. The number of nitrogens with two attached hydrogens (primary N) is 1. The highest BCUT2D eigenvalue weighted by molar-refractivity contribution is 6.13. The van der Waals surface area contributed by atoms with Crippen LogP contribution in [0, 0.1) is 0 Å². The molecule has 1 aliphatic carbocycles. The van der Waals surface area contributed by atoms with Gasteiger partial charge in [0.1, 0.15) is 0 Å². The molecule has 38 heavy (non-hydrogen) atoms. The van der Waals surface area contributed by atoms with E-state index < -0.39 is 0 Å². The van der Waals surface area contributed by atoms with Crippen LogP contribution >= 0.6 is 0 Å². The van der Waals surface area contributed by atoms with Crippen molar-refractivity contribution in [2.24, 2.45) is 10.7 Å². The van der Waals surface area contributed by atoms with Crippen LogP contribution in [-0.2, 0) is 4.79 Å². The number of fused-ring (bicyclic) bond motifs is 1. The molecule has 1 aromatic carbocycles. The van der Waals surface area contributed by atoms with E-state index in [2.05, 4.69) is 36.5 Å². The van der Waals surface area contributed by atoms with Gasteiger partial charge in [0.2, 0.25) is 5.91 Å². The van der Waals surface area contributed by atoms with Gasteiger partial charge in [-0.3, -0.25) is 14.5 Å². The van der Waals surface area contributed by atoms with E-state index >= 15 is 0 Å². The molecular weight excluding hydrogens is 484 g/mol. The van der Waals surface area contributed by atoms with E-state index in [0.29, 0.717) is 53.8 Å². The number of nitrogens with one attached hydrogen (secondary N) is 5. The Balaban J connectivity index is 1.34. The monoisotopic (exact) mass is 526 g/mol. The Morgan fingerprint density at radius 1 is 1.16 bits per heavy atom. The zero-order valence-corrected chi connectivity index (χ0v) is 22.4. The molecule has 11 nitrogen and oxygen atoms in total. The number of ether oxygens (including phenoxy) is 1. The fourth-order valence-electron chi connectivity index (χ4n) is 4.98. The molecule has 2 fully saturated rings. The van der Waals surface area contributed by atoms with Gasteiger partial charge in [-0.2, -0.15) is 4.99 Å². The van der Waals surface area contributed by atoms with E-state index in [-0.39, 0.29) is 11.8 Å². The first-order valence-corrected chi connectivity index (χ1v) is 13.8. The number of benzene rings is 1. The molecule has 4 rings (SSSR count). The molecule has 0 bridgehead atoms. The summed E-state index contributed by atoms with van der Waals surface area (Å²) in [6.45, 7) is 8.43. The number of amidine groups is 1. The molecule has 0 spiro atoms. The van der Waals surface area contributed by atoms with Crippen molar-refractivity contribution >= 4 is 23.3 Å². The number of anilines is 1. The molecule has 1 aromatic rings. The molecule has 2 amide bonds. The lowest BCUT2D eigenvalue weighted by Gasteiger charge is -2.30. The Morgan fingerprint density at radius 2 is 1.92 bits per heavy atom. The molecule has 2 heterocycles. The number of rotatable bonds is 10. The van der Waals surface area contributed by atoms with Crippen LogP contribution in [0.2, 0.25) is 0 Å². The first-order chi connectivity index (χ1) is 18.5. The molecule has 7 N–H and O–H groups in total. The van der Waals surface area contributed by atoms with Gasteiger partial charge >= 0.3 is 0 Å². The van der Waals surface area contributed by atoms with Crippen molar-refractivity contribution in [3.05, 3.63) is 35.7 Å². The number of hydrogen-bond donors (Lipinski definition) is 6. The number of aliphatic imine (C=N–C) groups is 1. The Morgan fingerprint density at radius 3 is 2.66 bits per heavy atom. The van der Waals surface area contributed by atoms with Gasteiger partial charge in [0.05, 0.1) is 5.69 Å². The van der Waals surface area contributed by atoms with Crippen molar-refractivity contribution in [1.29, 1.82) is 0 Å². The van der Waals surface area contributed by atoms with Gasteiger partial charge in [-0.1, -0.05) is 0 Å². The highest BCUT2D eigenvalue weighted by atomic mass is 16.5. The lowest BCUT2D eigenvalue weighted by atomic mass is 9.91. The lowest BCUT2D eigenvalue weighted by Crippen LogP contribution is -2.46. The van der Waals surface area contributed by atoms with Crippen LogP contribution in [-0.4, -0.2) is 87.0 Å². The number of carbonyl (C=O) groups is 2. The fraction of sp³-hybridized carbons (Fsp3) is 0.593. The zero-order valence-electron chi connectivity index (χ0n) is 22.4. The Labute approximate surface area is 225 Å². The van der Waals surface area contributed by atoms with Crippen molar-refractivity contribution in [3.8, 4) is 5.75 Å². The topological polar surface area (TPSA) is 145 Å². The minimum absolute atomic E-state index is 0.147. The zero-order chi connectivity index (χ0) is 26.7. The van der Waals surface area contributed by atoms with Crippen molar-refractivity contribution in [3.63, 3.8) is 0 Å². The van der Waals surface area contributed by atoms with Crippen LogP contribution in [0.25, 0.3) is 0 Å². The van der Waals surface area contributed by atoms with Gasteiger partial charge < -0.3 is 37.1 Å². The largest absolute Gasteiger partial charge is 0.450 e. The third-order valence-electron chi connectivity index (χ3n) is 7.13. The molecule has 3 aliphatic rings. The maximum Gasteiger partial charge on any atom is 0.251 e. The predicted octanol–water partition coefficient (Wildman–Crippen LogP) is 0.752. The summed E-state index contributed by atoms with van der Waals surface area (Å²) in [6.07, 6.45) is 7.07. The molecule has 0 atom stereocenters. The van der Waals surface area contributed by atoms with E-state index in [9.17, 15) is 9.59 Å². The number of nitrogens with zero attached hydrogens (tertiary/aromatic N) is 2. The smallest absolute Gasteiger partial charge is 0.251 e. The van der Waals surface area contributed by atoms with Crippen LogP contribution in [0.15, 0.2) is 35.2 Å². The van der Waals surface area contributed by atoms with E-state index in [1.54, 1.807) is 24.4 Å². The summed E-state index contributed by atoms with van der Waals surface area (Å²) >= 11 is 0. The van der Waals surface area contributed by atoms with E-state index in [1.807, 2.05) is 0 Å². The van der Waals surface area contributed by atoms with Gasteiger partial charge in [-0.25, -0.2) is 0 Å². The standard InChI is InChI=1S/C27H42N8O3/c1-19(36)33-26-25(18-32-22-6-4-21(5-7-22)30-10-2-9-28)38-24-8-3-20(17-23(24)34-26)27(37)31-13-16-35-14-11-29-12-15-35/h3,8,17-18,21-22,29-30,32H,2,4-7,9-16,28H2,1H3,(H,31,37)(H,33,34,36)/b25-18+. The highest BCUT2D eigenvalue weighted by Gasteiger charge is 2.24.